The lowest BCUT2D eigenvalue weighted by molar-refractivity contribution is 0.0776. The molecule has 2 fully saturated rings. The summed E-state index contributed by atoms with van der Waals surface area (Å²) >= 11 is 1.57. The van der Waals surface area contributed by atoms with Gasteiger partial charge in [-0.2, -0.15) is 0 Å². The number of hydrazine groups is 1. The van der Waals surface area contributed by atoms with Crippen LogP contribution in [0.5, 0.6) is 0 Å². The van der Waals surface area contributed by atoms with Crippen molar-refractivity contribution < 1.29 is 9.53 Å². The fourth-order valence-corrected chi connectivity index (χ4v) is 4.87. The number of benzene rings is 1. The van der Waals surface area contributed by atoms with Gasteiger partial charge in [0.05, 0.1) is 17.0 Å². The average molecular weight is 372 g/mol. The maximum absolute atomic E-state index is 12.9. The van der Waals surface area contributed by atoms with E-state index in [0.29, 0.717) is 12.5 Å². The predicted molar refractivity (Wildman–Crippen MR) is 103 cm³/mol. The lowest BCUT2D eigenvalue weighted by Gasteiger charge is -2.24. The molecule has 1 aromatic heterocycles. The molecule has 0 saturated carbocycles. The fourth-order valence-electron chi connectivity index (χ4n) is 3.79. The average Bonchev–Trinajstić information content (AvgIpc) is 3.42. The molecular formula is C20H25N3O2S. The number of nitrogens with zero attached hydrogens (tertiary/aromatic N) is 1. The van der Waals surface area contributed by atoms with Crippen LogP contribution in [0, 0.1) is 5.92 Å². The Morgan fingerprint density at radius 3 is 2.88 bits per heavy atom. The third kappa shape index (κ3) is 3.69. The van der Waals surface area contributed by atoms with Crippen LogP contribution in [0.2, 0.25) is 0 Å². The van der Waals surface area contributed by atoms with Gasteiger partial charge in [-0.25, -0.2) is 5.43 Å². The van der Waals surface area contributed by atoms with Gasteiger partial charge in [0.1, 0.15) is 0 Å². The van der Waals surface area contributed by atoms with Gasteiger partial charge in [0.2, 0.25) is 0 Å². The van der Waals surface area contributed by atoms with Crippen molar-refractivity contribution >= 4 is 17.2 Å². The Kier molecular flexibility index (Phi) is 5.36. The van der Waals surface area contributed by atoms with Gasteiger partial charge in [0.25, 0.3) is 5.91 Å². The van der Waals surface area contributed by atoms with Crippen molar-refractivity contribution in [1.82, 2.24) is 15.8 Å². The van der Waals surface area contributed by atoms with Crippen LogP contribution in [0.1, 0.15) is 45.1 Å². The van der Waals surface area contributed by atoms with Crippen molar-refractivity contribution in [2.24, 2.45) is 5.92 Å². The van der Waals surface area contributed by atoms with E-state index in [2.05, 4.69) is 35.1 Å². The van der Waals surface area contributed by atoms with Gasteiger partial charge in [-0.05, 0) is 30.5 Å². The van der Waals surface area contributed by atoms with E-state index in [9.17, 15) is 4.79 Å². The van der Waals surface area contributed by atoms with Crippen LogP contribution in [-0.2, 0) is 4.74 Å². The molecule has 2 N–H and O–H groups in total. The van der Waals surface area contributed by atoms with Gasteiger partial charge >= 0.3 is 0 Å². The minimum Gasteiger partial charge on any atom is -0.373 e. The van der Waals surface area contributed by atoms with E-state index in [4.69, 9.17) is 4.74 Å². The minimum absolute atomic E-state index is 0.0953. The fraction of sp³-hybridized carbons (Fsp3) is 0.450. The predicted octanol–water partition coefficient (Wildman–Crippen LogP) is 3.14. The topological polar surface area (TPSA) is 53.6 Å². The zero-order valence-corrected chi connectivity index (χ0v) is 15.8. The van der Waals surface area contributed by atoms with Crippen LogP contribution in [-0.4, -0.2) is 37.6 Å². The number of carbonyl (C=O) groups excluding carboxylic acids is 1. The summed E-state index contributed by atoms with van der Waals surface area (Å²) in [5.41, 5.74) is 7.84. The third-order valence-corrected chi connectivity index (χ3v) is 6.36. The number of carbonyl (C=O) groups is 1. The van der Waals surface area contributed by atoms with Crippen LogP contribution in [0.3, 0.4) is 0 Å². The van der Waals surface area contributed by atoms with Crippen LogP contribution in [0.4, 0.5) is 0 Å². The van der Waals surface area contributed by atoms with E-state index in [0.717, 1.165) is 30.9 Å². The molecule has 4 rings (SSSR count). The van der Waals surface area contributed by atoms with Crippen molar-refractivity contribution in [1.29, 1.82) is 0 Å². The standard InChI is InChI=1S/C20H25N3O2S/c1-23(13-15-12-21-22-19(15)14-6-3-2-4-7-14)20(24)18-10-9-17(26-18)16-8-5-11-25-16/h2-4,6-7,9-10,15-16,19,21-22H,5,8,11-13H2,1H3. The van der Waals surface area contributed by atoms with Gasteiger partial charge in [-0.3, -0.25) is 10.2 Å². The second-order valence-corrected chi connectivity index (χ2v) is 8.18. The van der Waals surface area contributed by atoms with E-state index in [1.807, 2.05) is 30.1 Å². The Bertz CT molecular complexity index is 743. The lowest BCUT2D eigenvalue weighted by Crippen LogP contribution is -2.34. The highest BCUT2D eigenvalue weighted by molar-refractivity contribution is 7.14. The first-order valence-electron chi connectivity index (χ1n) is 9.22. The molecule has 26 heavy (non-hydrogen) atoms. The molecule has 2 aliphatic rings. The Morgan fingerprint density at radius 1 is 1.27 bits per heavy atom. The van der Waals surface area contributed by atoms with Gasteiger partial charge in [-0.1, -0.05) is 30.3 Å². The molecule has 5 nitrogen and oxygen atoms in total. The minimum atomic E-state index is 0.0953. The molecule has 1 aromatic carbocycles. The maximum atomic E-state index is 12.9. The monoisotopic (exact) mass is 371 g/mol. The van der Waals surface area contributed by atoms with Crippen LogP contribution in [0.15, 0.2) is 42.5 Å². The van der Waals surface area contributed by atoms with Crippen molar-refractivity contribution in [3.05, 3.63) is 57.8 Å². The number of amides is 1. The molecule has 0 radical (unpaired) electrons. The smallest absolute Gasteiger partial charge is 0.263 e. The van der Waals surface area contributed by atoms with E-state index in [-0.39, 0.29) is 18.1 Å². The summed E-state index contributed by atoms with van der Waals surface area (Å²) in [6, 6.07) is 14.6. The van der Waals surface area contributed by atoms with E-state index < -0.39 is 0 Å². The van der Waals surface area contributed by atoms with E-state index in [1.54, 1.807) is 11.3 Å². The summed E-state index contributed by atoms with van der Waals surface area (Å²) in [7, 11) is 1.90. The number of hydrogen-bond acceptors (Lipinski definition) is 5. The maximum Gasteiger partial charge on any atom is 0.263 e. The van der Waals surface area contributed by atoms with Crippen molar-refractivity contribution in [2.45, 2.75) is 25.0 Å². The van der Waals surface area contributed by atoms with Crippen molar-refractivity contribution in [3.63, 3.8) is 0 Å². The Morgan fingerprint density at radius 2 is 2.12 bits per heavy atom. The molecule has 138 valence electrons. The van der Waals surface area contributed by atoms with Crippen LogP contribution < -0.4 is 10.9 Å². The molecule has 3 heterocycles. The molecule has 0 spiro atoms. The third-order valence-electron chi connectivity index (χ3n) is 5.19. The highest BCUT2D eigenvalue weighted by atomic mass is 32.1. The molecular weight excluding hydrogens is 346 g/mol. The molecule has 6 heteroatoms. The highest BCUT2D eigenvalue weighted by Gasteiger charge is 2.30. The molecule has 2 aromatic rings. The SMILES string of the molecule is CN(CC1CNNC1c1ccccc1)C(=O)c1ccc(C2CCCO2)s1. The molecule has 3 unspecified atom stereocenters. The van der Waals surface area contributed by atoms with Crippen LogP contribution >= 0.6 is 11.3 Å². The normalized spacial score (nSPS) is 25.5. The summed E-state index contributed by atoms with van der Waals surface area (Å²) in [6.45, 7) is 2.39. The molecule has 2 aliphatic heterocycles. The lowest BCUT2D eigenvalue weighted by atomic mass is 9.94. The van der Waals surface area contributed by atoms with E-state index in [1.165, 1.54) is 10.4 Å². The molecule has 0 aliphatic carbocycles. The summed E-state index contributed by atoms with van der Waals surface area (Å²) in [5, 5.41) is 0. The summed E-state index contributed by atoms with van der Waals surface area (Å²) in [6.07, 6.45) is 2.34. The molecule has 2 saturated heterocycles. The number of ether oxygens (including phenoxy) is 1. The largest absolute Gasteiger partial charge is 0.373 e. The zero-order chi connectivity index (χ0) is 17.9. The zero-order valence-electron chi connectivity index (χ0n) is 15.0. The Labute approximate surface area is 158 Å². The number of thiophene rings is 1. The van der Waals surface area contributed by atoms with Crippen LogP contribution in [0.25, 0.3) is 0 Å². The highest BCUT2D eigenvalue weighted by Crippen LogP contribution is 2.34. The summed E-state index contributed by atoms with van der Waals surface area (Å²) < 4.78 is 5.73. The van der Waals surface area contributed by atoms with E-state index >= 15 is 0 Å². The first-order valence-corrected chi connectivity index (χ1v) is 10.0. The Hall–Kier alpha value is -1.73. The van der Waals surface area contributed by atoms with Gasteiger partial charge in [-0.15, -0.1) is 11.3 Å². The van der Waals surface area contributed by atoms with Gasteiger partial charge in [0, 0.05) is 37.5 Å². The van der Waals surface area contributed by atoms with Crippen molar-refractivity contribution in [2.75, 3.05) is 26.7 Å². The molecule has 1 amide bonds. The second-order valence-electron chi connectivity index (χ2n) is 7.06. The van der Waals surface area contributed by atoms with Gasteiger partial charge in [0.15, 0.2) is 0 Å². The summed E-state index contributed by atoms with van der Waals surface area (Å²) in [5.74, 6) is 0.432. The Balaban J connectivity index is 1.41. The molecule has 3 atom stereocenters. The van der Waals surface area contributed by atoms with Gasteiger partial charge < -0.3 is 9.64 Å². The number of hydrogen-bond donors (Lipinski definition) is 2. The first kappa shape index (κ1) is 17.7. The second kappa shape index (κ2) is 7.88. The molecule has 0 bridgehead atoms. The summed E-state index contributed by atoms with van der Waals surface area (Å²) in [4.78, 5) is 16.7. The number of nitrogens with one attached hydrogen (secondary N) is 2. The number of rotatable bonds is 5. The quantitative estimate of drug-likeness (QED) is 0.848. The first-order chi connectivity index (χ1) is 12.7. The van der Waals surface area contributed by atoms with Crippen molar-refractivity contribution in [3.8, 4) is 0 Å².